The molecule has 2 atom stereocenters. The van der Waals surface area contributed by atoms with Crippen LogP contribution in [0.4, 0.5) is 0 Å². The first-order valence-corrected chi connectivity index (χ1v) is 5.20. The molecule has 2 aliphatic rings. The van der Waals surface area contributed by atoms with E-state index in [9.17, 15) is 0 Å². The van der Waals surface area contributed by atoms with Crippen LogP contribution < -0.4 is 5.73 Å². The molecule has 0 amide bonds. The molecule has 1 heterocycles. The molecule has 2 unspecified atom stereocenters. The number of rotatable bonds is 3. The van der Waals surface area contributed by atoms with Crippen LogP contribution in [0.25, 0.3) is 0 Å². The van der Waals surface area contributed by atoms with E-state index in [1.165, 1.54) is 38.8 Å². The Kier molecular flexibility index (Phi) is 2.37. The van der Waals surface area contributed by atoms with Gasteiger partial charge in [-0.15, -0.1) is 0 Å². The lowest BCUT2D eigenvalue weighted by Gasteiger charge is -2.15. The molecule has 1 aliphatic heterocycles. The average molecular weight is 168 g/mol. The van der Waals surface area contributed by atoms with Gasteiger partial charge in [-0.05, 0) is 51.1 Å². The molecule has 2 rings (SSSR count). The average Bonchev–Trinajstić information content (AvgIpc) is 2.78. The number of hydrogen-bond acceptors (Lipinski definition) is 2. The first-order valence-electron chi connectivity index (χ1n) is 5.20. The Morgan fingerprint density at radius 2 is 2.17 bits per heavy atom. The second-order valence-electron chi connectivity index (χ2n) is 4.65. The van der Waals surface area contributed by atoms with Crippen molar-refractivity contribution in [2.45, 2.75) is 31.7 Å². The minimum absolute atomic E-state index is 0.515. The fraction of sp³-hybridized carbons (Fsp3) is 1.00. The van der Waals surface area contributed by atoms with E-state index in [0.717, 1.165) is 11.8 Å². The Morgan fingerprint density at radius 1 is 1.42 bits per heavy atom. The first-order chi connectivity index (χ1) is 5.75. The summed E-state index contributed by atoms with van der Waals surface area (Å²) in [6.45, 7) is 2.56. The maximum absolute atomic E-state index is 6.09. The summed E-state index contributed by atoms with van der Waals surface area (Å²) >= 11 is 0. The molecule has 0 aromatic carbocycles. The standard InChI is InChI=1S/C10H20N2/c1-12-5-4-8(7-12)6-10(11)9-2-3-9/h8-10H,2-7,11H2,1H3. The Morgan fingerprint density at radius 3 is 2.67 bits per heavy atom. The number of nitrogens with zero attached hydrogens (tertiary/aromatic N) is 1. The molecular weight excluding hydrogens is 148 g/mol. The minimum atomic E-state index is 0.515. The topological polar surface area (TPSA) is 29.3 Å². The molecule has 0 aromatic heterocycles. The highest BCUT2D eigenvalue weighted by atomic mass is 15.1. The summed E-state index contributed by atoms with van der Waals surface area (Å²) in [5.74, 6) is 1.78. The third-order valence-electron chi connectivity index (χ3n) is 3.32. The zero-order valence-electron chi connectivity index (χ0n) is 8.00. The van der Waals surface area contributed by atoms with Gasteiger partial charge in [0.05, 0.1) is 0 Å². The Bertz CT molecular complexity index is 154. The van der Waals surface area contributed by atoms with E-state index >= 15 is 0 Å². The van der Waals surface area contributed by atoms with Crippen LogP contribution in [0, 0.1) is 11.8 Å². The zero-order chi connectivity index (χ0) is 8.55. The summed E-state index contributed by atoms with van der Waals surface area (Å²) < 4.78 is 0. The first kappa shape index (κ1) is 8.52. The summed E-state index contributed by atoms with van der Waals surface area (Å²) in [5.41, 5.74) is 6.09. The molecular formula is C10H20N2. The highest BCUT2D eigenvalue weighted by molar-refractivity contribution is 4.87. The molecule has 0 aromatic rings. The van der Waals surface area contributed by atoms with Crippen LogP contribution in [0.15, 0.2) is 0 Å². The van der Waals surface area contributed by atoms with Crippen molar-refractivity contribution in [3.8, 4) is 0 Å². The van der Waals surface area contributed by atoms with Crippen molar-refractivity contribution in [2.75, 3.05) is 20.1 Å². The largest absolute Gasteiger partial charge is 0.327 e. The zero-order valence-corrected chi connectivity index (χ0v) is 8.00. The quantitative estimate of drug-likeness (QED) is 0.683. The molecule has 2 N–H and O–H groups in total. The van der Waals surface area contributed by atoms with Crippen molar-refractivity contribution in [3.63, 3.8) is 0 Å². The van der Waals surface area contributed by atoms with E-state index in [4.69, 9.17) is 5.73 Å². The molecule has 1 saturated heterocycles. The summed E-state index contributed by atoms with van der Waals surface area (Å²) in [6, 6.07) is 0.515. The lowest BCUT2D eigenvalue weighted by Crippen LogP contribution is -2.26. The third-order valence-corrected chi connectivity index (χ3v) is 3.32. The van der Waals surface area contributed by atoms with Crippen LogP contribution in [0.1, 0.15) is 25.7 Å². The summed E-state index contributed by atoms with van der Waals surface area (Å²) in [4.78, 5) is 2.42. The van der Waals surface area contributed by atoms with Crippen LogP contribution in [0.2, 0.25) is 0 Å². The molecule has 2 heteroatoms. The van der Waals surface area contributed by atoms with Gasteiger partial charge in [0.2, 0.25) is 0 Å². The molecule has 1 aliphatic carbocycles. The maximum Gasteiger partial charge on any atom is 0.00702 e. The molecule has 0 spiro atoms. The Labute approximate surface area is 75.1 Å². The lowest BCUT2D eigenvalue weighted by molar-refractivity contribution is 0.367. The summed E-state index contributed by atoms with van der Waals surface area (Å²) in [5, 5.41) is 0. The molecule has 70 valence electrons. The highest BCUT2D eigenvalue weighted by Crippen LogP contribution is 2.35. The Balaban J connectivity index is 1.71. The van der Waals surface area contributed by atoms with Gasteiger partial charge in [0.1, 0.15) is 0 Å². The van der Waals surface area contributed by atoms with Crippen LogP contribution >= 0.6 is 0 Å². The normalized spacial score (nSPS) is 34.0. The van der Waals surface area contributed by atoms with E-state index in [1.807, 2.05) is 0 Å². The van der Waals surface area contributed by atoms with Crippen LogP contribution in [-0.2, 0) is 0 Å². The molecule has 2 fully saturated rings. The lowest BCUT2D eigenvalue weighted by atomic mass is 9.97. The summed E-state index contributed by atoms with van der Waals surface area (Å²) in [7, 11) is 2.21. The number of likely N-dealkylation sites (tertiary alicyclic amines) is 1. The second kappa shape index (κ2) is 3.35. The van der Waals surface area contributed by atoms with Crippen LogP contribution in [0.3, 0.4) is 0 Å². The van der Waals surface area contributed by atoms with Crippen molar-refractivity contribution in [2.24, 2.45) is 17.6 Å². The predicted molar refractivity (Wildman–Crippen MR) is 50.9 cm³/mol. The Hall–Kier alpha value is -0.0800. The predicted octanol–water partition coefficient (Wildman–Crippen LogP) is 1.07. The van der Waals surface area contributed by atoms with E-state index in [-0.39, 0.29) is 0 Å². The van der Waals surface area contributed by atoms with Crippen LogP contribution in [-0.4, -0.2) is 31.1 Å². The van der Waals surface area contributed by atoms with Crippen molar-refractivity contribution >= 4 is 0 Å². The molecule has 0 radical (unpaired) electrons. The van der Waals surface area contributed by atoms with Gasteiger partial charge in [-0.25, -0.2) is 0 Å². The molecule has 1 saturated carbocycles. The third kappa shape index (κ3) is 1.99. The van der Waals surface area contributed by atoms with Gasteiger partial charge < -0.3 is 10.6 Å². The monoisotopic (exact) mass is 168 g/mol. The number of hydrogen-bond donors (Lipinski definition) is 1. The van der Waals surface area contributed by atoms with Gasteiger partial charge in [0.15, 0.2) is 0 Å². The highest BCUT2D eigenvalue weighted by Gasteiger charge is 2.31. The van der Waals surface area contributed by atoms with Gasteiger partial charge >= 0.3 is 0 Å². The second-order valence-corrected chi connectivity index (χ2v) is 4.65. The van der Waals surface area contributed by atoms with Crippen molar-refractivity contribution in [1.82, 2.24) is 4.90 Å². The van der Waals surface area contributed by atoms with Crippen LogP contribution in [0.5, 0.6) is 0 Å². The number of nitrogens with two attached hydrogens (primary N) is 1. The molecule has 2 nitrogen and oxygen atoms in total. The van der Waals surface area contributed by atoms with Crippen molar-refractivity contribution in [1.29, 1.82) is 0 Å². The van der Waals surface area contributed by atoms with Crippen molar-refractivity contribution < 1.29 is 0 Å². The maximum atomic E-state index is 6.09. The minimum Gasteiger partial charge on any atom is -0.327 e. The smallest absolute Gasteiger partial charge is 0.00702 e. The van der Waals surface area contributed by atoms with Gasteiger partial charge in [0, 0.05) is 12.6 Å². The van der Waals surface area contributed by atoms with Gasteiger partial charge in [-0.2, -0.15) is 0 Å². The molecule has 0 bridgehead atoms. The van der Waals surface area contributed by atoms with Gasteiger partial charge in [-0.1, -0.05) is 0 Å². The fourth-order valence-corrected chi connectivity index (χ4v) is 2.32. The van der Waals surface area contributed by atoms with Gasteiger partial charge in [-0.3, -0.25) is 0 Å². The fourth-order valence-electron chi connectivity index (χ4n) is 2.32. The van der Waals surface area contributed by atoms with E-state index in [0.29, 0.717) is 6.04 Å². The van der Waals surface area contributed by atoms with Gasteiger partial charge in [0.25, 0.3) is 0 Å². The van der Waals surface area contributed by atoms with Crippen molar-refractivity contribution in [3.05, 3.63) is 0 Å². The van der Waals surface area contributed by atoms with E-state index in [2.05, 4.69) is 11.9 Å². The van der Waals surface area contributed by atoms with E-state index < -0.39 is 0 Å². The SMILES string of the molecule is CN1CCC(CC(N)C2CC2)C1. The molecule has 12 heavy (non-hydrogen) atoms. The van der Waals surface area contributed by atoms with E-state index in [1.54, 1.807) is 0 Å². The summed E-state index contributed by atoms with van der Waals surface area (Å²) in [6.07, 6.45) is 5.43.